The average Bonchev–Trinajstić information content (AvgIpc) is 2.59. The molecule has 0 saturated carbocycles. The maximum atomic E-state index is 11.6. The Kier molecular flexibility index (Phi) is 4.94. The van der Waals surface area contributed by atoms with Crippen molar-refractivity contribution in [3.05, 3.63) is 30.5 Å². The number of aromatic nitrogens is 1. The van der Waals surface area contributed by atoms with E-state index in [-0.39, 0.29) is 0 Å². The summed E-state index contributed by atoms with van der Waals surface area (Å²) in [4.78, 5) is 6.87. The highest BCUT2D eigenvalue weighted by molar-refractivity contribution is 7.91. The standard InChI is InChI=1S/C18H25N3O2S/c1-23-15-3-4-16-17(13-15)20-9-5-18(16)21-10-6-14(7-11-21)8-12-24(2,19)22/h3-5,9,13-14,19H,6-8,10-12H2,1-2H3. The number of piperidine rings is 1. The van der Waals surface area contributed by atoms with Gasteiger partial charge in [0.05, 0.1) is 12.6 Å². The van der Waals surface area contributed by atoms with Gasteiger partial charge in [-0.15, -0.1) is 0 Å². The number of methoxy groups -OCH3 is 1. The number of hydrogen-bond donors (Lipinski definition) is 1. The highest BCUT2D eigenvalue weighted by Crippen LogP contribution is 2.31. The molecular formula is C18H25N3O2S. The Hall–Kier alpha value is -1.82. The molecule has 0 radical (unpaired) electrons. The monoisotopic (exact) mass is 347 g/mol. The number of pyridine rings is 1. The van der Waals surface area contributed by atoms with Crippen LogP contribution in [0.2, 0.25) is 0 Å². The van der Waals surface area contributed by atoms with Gasteiger partial charge in [-0.2, -0.15) is 0 Å². The minimum atomic E-state index is -2.36. The van der Waals surface area contributed by atoms with Crippen molar-refractivity contribution < 1.29 is 8.95 Å². The summed E-state index contributed by atoms with van der Waals surface area (Å²) in [5.74, 6) is 1.93. The van der Waals surface area contributed by atoms with Crippen molar-refractivity contribution in [3.63, 3.8) is 0 Å². The van der Waals surface area contributed by atoms with Crippen molar-refractivity contribution in [3.8, 4) is 5.75 Å². The Labute approximate surface area is 144 Å². The van der Waals surface area contributed by atoms with Crippen LogP contribution in [0, 0.1) is 10.7 Å². The van der Waals surface area contributed by atoms with E-state index in [1.54, 1.807) is 13.4 Å². The number of ether oxygens (including phenoxy) is 1. The van der Waals surface area contributed by atoms with Crippen LogP contribution in [0.15, 0.2) is 30.5 Å². The molecule has 1 aromatic heterocycles. The smallest absolute Gasteiger partial charge is 0.121 e. The van der Waals surface area contributed by atoms with Gasteiger partial charge < -0.3 is 9.64 Å². The van der Waals surface area contributed by atoms with E-state index in [0.29, 0.717) is 11.7 Å². The van der Waals surface area contributed by atoms with Crippen LogP contribution >= 0.6 is 0 Å². The summed E-state index contributed by atoms with van der Waals surface area (Å²) in [5, 5.41) is 1.15. The molecule has 2 heterocycles. The summed E-state index contributed by atoms with van der Waals surface area (Å²) in [6.07, 6.45) is 6.49. The molecule has 2 aromatic rings. The molecule has 1 unspecified atom stereocenters. The first-order chi connectivity index (χ1) is 11.5. The van der Waals surface area contributed by atoms with Crippen LogP contribution in [-0.4, -0.2) is 41.4 Å². The van der Waals surface area contributed by atoms with Gasteiger partial charge in [0.15, 0.2) is 0 Å². The minimum absolute atomic E-state index is 0.523. The second-order valence-electron chi connectivity index (χ2n) is 6.64. The number of nitrogens with zero attached hydrogens (tertiary/aromatic N) is 2. The molecule has 0 spiro atoms. The molecule has 1 fully saturated rings. The van der Waals surface area contributed by atoms with Crippen LogP contribution < -0.4 is 9.64 Å². The summed E-state index contributed by atoms with van der Waals surface area (Å²) in [6, 6.07) is 8.11. The van der Waals surface area contributed by atoms with E-state index in [9.17, 15) is 4.21 Å². The molecule has 1 aromatic carbocycles. The first-order valence-corrected chi connectivity index (χ1v) is 10.5. The third kappa shape index (κ3) is 3.98. The van der Waals surface area contributed by atoms with Gasteiger partial charge in [0.25, 0.3) is 0 Å². The van der Waals surface area contributed by atoms with Crippen LogP contribution in [0.25, 0.3) is 10.9 Å². The Balaban J connectivity index is 1.71. The lowest BCUT2D eigenvalue weighted by Crippen LogP contribution is -2.34. The van der Waals surface area contributed by atoms with Gasteiger partial charge in [0.1, 0.15) is 5.75 Å². The van der Waals surface area contributed by atoms with Gasteiger partial charge in [-0.05, 0) is 43.4 Å². The summed E-state index contributed by atoms with van der Waals surface area (Å²) in [7, 11) is -0.690. The summed E-state index contributed by atoms with van der Waals surface area (Å²) < 4.78 is 24.4. The van der Waals surface area contributed by atoms with Gasteiger partial charge in [0, 0.05) is 58.2 Å². The first-order valence-electron chi connectivity index (χ1n) is 8.35. The van der Waals surface area contributed by atoms with Crippen molar-refractivity contribution in [1.29, 1.82) is 4.78 Å². The van der Waals surface area contributed by atoms with Crippen molar-refractivity contribution in [1.82, 2.24) is 4.98 Å². The van der Waals surface area contributed by atoms with E-state index < -0.39 is 9.73 Å². The van der Waals surface area contributed by atoms with Crippen molar-refractivity contribution in [2.75, 3.05) is 37.1 Å². The zero-order valence-corrected chi connectivity index (χ0v) is 15.1. The second-order valence-corrected chi connectivity index (χ2v) is 9.06. The van der Waals surface area contributed by atoms with Crippen LogP contribution in [0.1, 0.15) is 19.3 Å². The van der Waals surface area contributed by atoms with E-state index >= 15 is 0 Å². The fourth-order valence-corrected chi connectivity index (χ4v) is 4.15. The third-order valence-electron chi connectivity index (χ3n) is 4.80. The van der Waals surface area contributed by atoms with Crippen molar-refractivity contribution in [2.24, 2.45) is 5.92 Å². The normalized spacial score (nSPS) is 18.5. The quantitative estimate of drug-likeness (QED) is 0.898. The first kappa shape index (κ1) is 17.0. The molecule has 3 rings (SSSR count). The number of anilines is 1. The van der Waals surface area contributed by atoms with Crippen LogP contribution in [0.3, 0.4) is 0 Å². The molecule has 1 atom stereocenters. The Morgan fingerprint density at radius 2 is 2.08 bits per heavy atom. The average molecular weight is 347 g/mol. The molecule has 1 saturated heterocycles. The zero-order chi connectivity index (χ0) is 17.2. The summed E-state index contributed by atoms with van der Waals surface area (Å²) >= 11 is 0. The fourth-order valence-electron chi connectivity index (χ4n) is 3.37. The number of nitrogens with one attached hydrogen (secondary N) is 1. The third-order valence-corrected chi connectivity index (χ3v) is 5.81. The lowest BCUT2D eigenvalue weighted by Gasteiger charge is -2.34. The molecular weight excluding hydrogens is 322 g/mol. The molecule has 1 aliphatic heterocycles. The molecule has 130 valence electrons. The lowest BCUT2D eigenvalue weighted by molar-refractivity contribution is 0.396. The predicted molar refractivity (Wildman–Crippen MR) is 99.5 cm³/mol. The number of benzene rings is 1. The lowest BCUT2D eigenvalue weighted by atomic mass is 9.94. The molecule has 6 heteroatoms. The zero-order valence-electron chi connectivity index (χ0n) is 14.3. The maximum Gasteiger partial charge on any atom is 0.121 e. The highest BCUT2D eigenvalue weighted by atomic mass is 32.2. The molecule has 5 nitrogen and oxygen atoms in total. The molecule has 1 N–H and O–H groups in total. The van der Waals surface area contributed by atoms with Gasteiger partial charge in [-0.3, -0.25) is 14.0 Å². The highest BCUT2D eigenvalue weighted by Gasteiger charge is 2.21. The van der Waals surface area contributed by atoms with E-state index in [4.69, 9.17) is 9.52 Å². The number of hydrogen-bond acceptors (Lipinski definition) is 5. The second kappa shape index (κ2) is 6.97. The molecule has 0 bridgehead atoms. The molecule has 24 heavy (non-hydrogen) atoms. The summed E-state index contributed by atoms with van der Waals surface area (Å²) in [5.41, 5.74) is 2.18. The van der Waals surface area contributed by atoms with Crippen LogP contribution in [-0.2, 0) is 9.73 Å². The Morgan fingerprint density at radius 1 is 1.33 bits per heavy atom. The van der Waals surface area contributed by atoms with E-state index in [0.717, 1.165) is 49.0 Å². The minimum Gasteiger partial charge on any atom is -0.497 e. The molecule has 0 aliphatic carbocycles. The number of rotatable bonds is 5. The number of fused-ring (bicyclic) bond motifs is 1. The van der Waals surface area contributed by atoms with Crippen molar-refractivity contribution in [2.45, 2.75) is 19.3 Å². The molecule has 0 amide bonds. The molecule has 1 aliphatic rings. The van der Waals surface area contributed by atoms with Gasteiger partial charge in [-0.1, -0.05) is 0 Å². The summed E-state index contributed by atoms with van der Waals surface area (Å²) in [6.45, 7) is 2.00. The largest absolute Gasteiger partial charge is 0.497 e. The topological polar surface area (TPSA) is 66.3 Å². The van der Waals surface area contributed by atoms with Gasteiger partial charge in [-0.25, -0.2) is 0 Å². The van der Waals surface area contributed by atoms with E-state index in [1.807, 2.05) is 18.3 Å². The van der Waals surface area contributed by atoms with Crippen LogP contribution in [0.5, 0.6) is 5.75 Å². The van der Waals surface area contributed by atoms with E-state index in [1.165, 1.54) is 5.69 Å². The fraction of sp³-hybridized carbons (Fsp3) is 0.500. The van der Waals surface area contributed by atoms with Crippen molar-refractivity contribution >= 4 is 26.3 Å². The van der Waals surface area contributed by atoms with Gasteiger partial charge in [0.2, 0.25) is 0 Å². The van der Waals surface area contributed by atoms with Crippen LogP contribution in [0.4, 0.5) is 5.69 Å². The maximum absolute atomic E-state index is 11.6. The Morgan fingerprint density at radius 3 is 2.75 bits per heavy atom. The Bertz CT molecular complexity index is 812. The van der Waals surface area contributed by atoms with Gasteiger partial charge >= 0.3 is 0 Å². The van der Waals surface area contributed by atoms with E-state index in [2.05, 4.69) is 22.0 Å². The predicted octanol–water partition coefficient (Wildman–Crippen LogP) is 3.53. The SMILES string of the molecule is COc1ccc2c(N3CCC(CCS(C)(=N)=O)CC3)ccnc2c1.